The number of carbonyl (C=O) groups excluding carboxylic acids is 2. The van der Waals surface area contributed by atoms with Crippen LogP contribution in [0.5, 0.6) is 0 Å². The Morgan fingerprint density at radius 2 is 1.39 bits per heavy atom. The molecule has 0 saturated heterocycles. The van der Waals surface area contributed by atoms with Crippen LogP contribution >= 0.6 is 0 Å². The lowest BCUT2D eigenvalue weighted by atomic mass is 9.84. The lowest BCUT2D eigenvalue weighted by Crippen LogP contribution is -2.75. The van der Waals surface area contributed by atoms with E-state index in [9.17, 15) is 29.4 Å². The van der Waals surface area contributed by atoms with Gasteiger partial charge in [0, 0.05) is 12.5 Å². The van der Waals surface area contributed by atoms with Crippen LogP contribution in [0, 0.1) is 11.8 Å². The molecule has 3 amide bonds. The number of benzene rings is 2. The van der Waals surface area contributed by atoms with Gasteiger partial charge in [0.2, 0.25) is 5.91 Å². The average Bonchev–Trinajstić information content (AvgIpc) is 2.84. The minimum Gasteiger partial charge on any atom is -0.465 e. The Morgan fingerprint density at radius 3 is 1.84 bits per heavy atom. The summed E-state index contributed by atoms with van der Waals surface area (Å²) in [6.45, 7) is 7.21. The molecule has 0 aliphatic carbocycles. The maximum absolute atomic E-state index is 13.0. The lowest BCUT2D eigenvalue weighted by Gasteiger charge is -2.46. The highest BCUT2D eigenvalue weighted by atomic mass is 16.4. The maximum Gasteiger partial charge on any atom is 0.411 e. The van der Waals surface area contributed by atoms with Crippen LogP contribution < -0.4 is 21.3 Å². The molecule has 0 aromatic heterocycles. The van der Waals surface area contributed by atoms with Gasteiger partial charge in [-0.3, -0.25) is 15.4 Å². The number of aldehydes is 1. The minimum absolute atomic E-state index is 0.0951. The van der Waals surface area contributed by atoms with Crippen LogP contribution in [0.2, 0.25) is 0 Å². The van der Waals surface area contributed by atoms with Gasteiger partial charge in [0.1, 0.15) is 11.9 Å². The molecule has 0 radical (unpaired) electrons. The van der Waals surface area contributed by atoms with Gasteiger partial charge in [-0.15, -0.1) is 0 Å². The van der Waals surface area contributed by atoms with Crippen molar-refractivity contribution in [3.63, 3.8) is 0 Å². The number of carbonyl (C=O) groups is 4. The molecular formula is C28H38N4O6. The van der Waals surface area contributed by atoms with Crippen molar-refractivity contribution in [2.45, 2.75) is 64.3 Å². The molecular weight excluding hydrogens is 488 g/mol. The minimum atomic E-state index is -1.54. The van der Waals surface area contributed by atoms with Gasteiger partial charge in [0.05, 0.1) is 12.1 Å². The van der Waals surface area contributed by atoms with Crippen LogP contribution in [-0.2, 0) is 22.4 Å². The second-order valence-electron chi connectivity index (χ2n) is 10.0. The molecule has 0 fully saturated rings. The molecule has 0 aliphatic rings. The fourth-order valence-corrected chi connectivity index (χ4v) is 4.39. The molecule has 10 nitrogen and oxygen atoms in total. The summed E-state index contributed by atoms with van der Waals surface area (Å²) >= 11 is 0. The van der Waals surface area contributed by atoms with Crippen molar-refractivity contribution in [3.05, 3.63) is 71.8 Å². The molecule has 2 aromatic rings. The van der Waals surface area contributed by atoms with E-state index in [-0.39, 0.29) is 12.3 Å². The Labute approximate surface area is 223 Å². The molecule has 206 valence electrons. The molecule has 10 heteroatoms. The van der Waals surface area contributed by atoms with Crippen LogP contribution in [0.4, 0.5) is 9.59 Å². The smallest absolute Gasteiger partial charge is 0.411 e. The Balaban J connectivity index is 2.73. The van der Waals surface area contributed by atoms with E-state index in [0.29, 0.717) is 6.42 Å². The maximum atomic E-state index is 13.0. The third-order valence-corrected chi connectivity index (χ3v) is 6.38. The van der Waals surface area contributed by atoms with Crippen LogP contribution in [0.25, 0.3) is 0 Å². The number of imide groups is 1. The van der Waals surface area contributed by atoms with Crippen molar-refractivity contribution < 1.29 is 29.4 Å². The summed E-state index contributed by atoms with van der Waals surface area (Å²) in [5, 5.41) is 30.3. The molecule has 0 saturated carbocycles. The zero-order chi connectivity index (χ0) is 28.3. The molecule has 0 spiro atoms. The van der Waals surface area contributed by atoms with Gasteiger partial charge in [-0.2, -0.15) is 0 Å². The second-order valence-corrected chi connectivity index (χ2v) is 10.0. The van der Waals surface area contributed by atoms with Crippen molar-refractivity contribution in [1.29, 1.82) is 0 Å². The van der Waals surface area contributed by atoms with Gasteiger partial charge < -0.3 is 25.6 Å². The summed E-state index contributed by atoms with van der Waals surface area (Å²) in [7, 11) is 0. The van der Waals surface area contributed by atoms with Crippen molar-refractivity contribution >= 4 is 24.4 Å². The van der Waals surface area contributed by atoms with Crippen LogP contribution in [0.15, 0.2) is 60.7 Å². The molecule has 2 unspecified atom stereocenters. The summed E-state index contributed by atoms with van der Waals surface area (Å²) in [6.07, 6.45) is -1.68. The quantitative estimate of drug-likeness (QED) is 0.162. The number of hydrogen-bond donors (Lipinski definition) is 6. The third kappa shape index (κ3) is 8.97. The van der Waals surface area contributed by atoms with E-state index >= 15 is 0 Å². The first-order chi connectivity index (χ1) is 18.0. The SMILES string of the molecule is CC(C)C(C=O)N[C@@H](Cc1ccccc1)C(Cc1ccccc1)(NC(=O)O)N[C@H](C(=O)NC(=O)O)C(C)C. The highest BCUT2D eigenvalue weighted by molar-refractivity contribution is 5.94. The van der Waals surface area contributed by atoms with Crippen molar-refractivity contribution in [2.24, 2.45) is 11.8 Å². The fourth-order valence-electron chi connectivity index (χ4n) is 4.39. The summed E-state index contributed by atoms with van der Waals surface area (Å²) in [6, 6.07) is 16.1. The molecule has 2 aromatic carbocycles. The summed E-state index contributed by atoms with van der Waals surface area (Å²) in [5.41, 5.74) is 0.104. The van der Waals surface area contributed by atoms with E-state index in [1.165, 1.54) is 0 Å². The predicted octanol–water partition coefficient (Wildman–Crippen LogP) is 3.03. The summed E-state index contributed by atoms with van der Waals surface area (Å²) < 4.78 is 0. The molecule has 0 heterocycles. The standard InChI is InChI=1S/C28H38N4O6/c1-18(2)22(17-33)29-23(15-20-11-7-5-8-12-20)28(32-27(37)38,16-21-13-9-6-10-14-21)31-24(19(3)4)25(34)30-26(35)36/h5-14,17-19,22-24,29,31-32H,15-16H2,1-4H3,(H,30,34)(H,35,36)(H,37,38)/t22?,23-,24-,28?/m0/s1. The Morgan fingerprint density at radius 1 is 0.842 bits per heavy atom. The Hall–Kier alpha value is -3.76. The molecule has 4 atom stereocenters. The first-order valence-electron chi connectivity index (χ1n) is 12.6. The zero-order valence-electron chi connectivity index (χ0n) is 22.2. The second kappa shape index (κ2) is 14.3. The van der Waals surface area contributed by atoms with Gasteiger partial charge in [0.25, 0.3) is 0 Å². The monoisotopic (exact) mass is 526 g/mol. The molecule has 38 heavy (non-hydrogen) atoms. The van der Waals surface area contributed by atoms with E-state index in [0.717, 1.165) is 17.4 Å². The van der Waals surface area contributed by atoms with E-state index in [1.54, 1.807) is 13.8 Å². The normalized spacial score (nSPS) is 15.2. The number of rotatable bonds is 14. The van der Waals surface area contributed by atoms with E-state index in [2.05, 4.69) is 16.0 Å². The van der Waals surface area contributed by atoms with Gasteiger partial charge in [-0.05, 0) is 29.4 Å². The predicted molar refractivity (Wildman–Crippen MR) is 144 cm³/mol. The number of amides is 3. The zero-order valence-corrected chi connectivity index (χ0v) is 22.2. The molecule has 2 rings (SSSR count). The fraction of sp³-hybridized carbons (Fsp3) is 0.429. The molecule has 0 aliphatic heterocycles. The van der Waals surface area contributed by atoms with Crippen LogP contribution in [0.3, 0.4) is 0 Å². The largest absolute Gasteiger partial charge is 0.465 e. The van der Waals surface area contributed by atoms with Crippen LogP contribution in [0.1, 0.15) is 38.8 Å². The first kappa shape index (κ1) is 30.5. The van der Waals surface area contributed by atoms with Gasteiger partial charge in [-0.25, -0.2) is 9.59 Å². The van der Waals surface area contributed by atoms with E-state index < -0.39 is 47.8 Å². The first-order valence-corrected chi connectivity index (χ1v) is 12.6. The highest BCUT2D eigenvalue weighted by Gasteiger charge is 2.45. The van der Waals surface area contributed by atoms with Crippen molar-refractivity contribution in [3.8, 4) is 0 Å². The molecule has 0 bridgehead atoms. The third-order valence-electron chi connectivity index (χ3n) is 6.38. The lowest BCUT2D eigenvalue weighted by molar-refractivity contribution is -0.124. The highest BCUT2D eigenvalue weighted by Crippen LogP contribution is 2.23. The van der Waals surface area contributed by atoms with E-state index in [4.69, 9.17) is 0 Å². The van der Waals surface area contributed by atoms with Gasteiger partial charge in [0.15, 0.2) is 0 Å². The van der Waals surface area contributed by atoms with Crippen molar-refractivity contribution in [1.82, 2.24) is 21.3 Å². The van der Waals surface area contributed by atoms with Gasteiger partial charge in [-0.1, -0.05) is 88.4 Å². The topological polar surface area (TPSA) is 157 Å². The summed E-state index contributed by atoms with van der Waals surface area (Å²) in [5.74, 6) is -1.34. The number of carboxylic acid groups (broad SMARTS) is 2. The van der Waals surface area contributed by atoms with Crippen molar-refractivity contribution in [2.75, 3.05) is 0 Å². The summed E-state index contributed by atoms with van der Waals surface area (Å²) in [4.78, 5) is 48.6. The van der Waals surface area contributed by atoms with Gasteiger partial charge >= 0.3 is 12.2 Å². The Bertz CT molecular complexity index is 1060. The number of nitrogens with one attached hydrogen (secondary N) is 4. The molecule has 6 N–H and O–H groups in total. The van der Waals surface area contributed by atoms with E-state index in [1.807, 2.05) is 79.8 Å². The average molecular weight is 527 g/mol. The Kier molecular flexibility index (Phi) is 11.4. The number of hydrogen-bond acceptors (Lipinski definition) is 6. The van der Waals surface area contributed by atoms with Crippen LogP contribution in [-0.4, -0.2) is 58.4 Å².